The summed E-state index contributed by atoms with van der Waals surface area (Å²) in [6.45, 7) is 1.84. The molecule has 0 fully saturated rings. The Hall–Kier alpha value is -2.93. The molecule has 2 atom stereocenters. The van der Waals surface area contributed by atoms with Gasteiger partial charge >= 0.3 is 0 Å². The van der Waals surface area contributed by atoms with E-state index < -0.39 is 6.04 Å². The number of nitrogens with one attached hydrogen (secondary N) is 3. The Morgan fingerprint density at radius 3 is 2.42 bits per heavy atom. The third-order valence-electron chi connectivity index (χ3n) is 4.06. The number of carbonyl (C=O) groups excluding carboxylic acids is 2. The van der Waals surface area contributed by atoms with Crippen molar-refractivity contribution < 1.29 is 23.6 Å². The van der Waals surface area contributed by atoms with E-state index in [1.54, 1.807) is 32.2 Å². The first kappa shape index (κ1) is 19.4. The molecular formula is C19H23FN3O3+. The highest BCUT2D eigenvalue weighted by molar-refractivity contribution is 5.95. The number of hydrogen-bond acceptors (Lipinski definition) is 3. The summed E-state index contributed by atoms with van der Waals surface area (Å²) >= 11 is 0. The summed E-state index contributed by atoms with van der Waals surface area (Å²) in [6.07, 6.45) is 0. The first-order valence-electron chi connectivity index (χ1n) is 8.22. The van der Waals surface area contributed by atoms with Gasteiger partial charge in [0.05, 0.1) is 19.8 Å². The molecule has 0 saturated heterocycles. The van der Waals surface area contributed by atoms with Crippen LogP contribution in [0.2, 0.25) is 0 Å². The van der Waals surface area contributed by atoms with Gasteiger partial charge in [0.2, 0.25) is 0 Å². The highest BCUT2D eigenvalue weighted by atomic mass is 19.1. The molecule has 0 aliphatic carbocycles. The highest BCUT2D eigenvalue weighted by Gasteiger charge is 2.24. The number of methoxy groups -OCH3 is 1. The normalized spacial score (nSPS) is 12.8. The quantitative estimate of drug-likeness (QED) is 0.697. The number of amides is 2. The molecule has 6 nitrogen and oxygen atoms in total. The molecular weight excluding hydrogens is 337 g/mol. The van der Waals surface area contributed by atoms with E-state index in [9.17, 15) is 14.0 Å². The summed E-state index contributed by atoms with van der Waals surface area (Å²) < 4.78 is 18.1. The van der Waals surface area contributed by atoms with Crippen LogP contribution >= 0.6 is 0 Å². The van der Waals surface area contributed by atoms with Crippen molar-refractivity contribution in [1.82, 2.24) is 0 Å². The zero-order chi connectivity index (χ0) is 19.1. The van der Waals surface area contributed by atoms with E-state index in [1.807, 2.05) is 6.07 Å². The second kappa shape index (κ2) is 8.96. The molecule has 2 aromatic carbocycles. The molecule has 3 N–H and O–H groups in total. The number of rotatable bonds is 7. The van der Waals surface area contributed by atoms with E-state index >= 15 is 0 Å². The maximum atomic E-state index is 12.9. The zero-order valence-corrected chi connectivity index (χ0v) is 15.0. The summed E-state index contributed by atoms with van der Waals surface area (Å²) in [5, 5.41) is 5.50. The number of quaternary nitrogens is 1. The molecule has 0 aliphatic heterocycles. The first-order valence-corrected chi connectivity index (χ1v) is 8.22. The van der Waals surface area contributed by atoms with Gasteiger partial charge in [0.25, 0.3) is 11.8 Å². The van der Waals surface area contributed by atoms with Crippen LogP contribution in [0.1, 0.15) is 6.92 Å². The summed E-state index contributed by atoms with van der Waals surface area (Å²) in [6, 6.07) is 12.2. The number of para-hydroxylation sites is 2. The molecule has 1 unspecified atom stereocenters. The summed E-state index contributed by atoms with van der Waals surface area (Å²) in [7, 11) is 3.29. The fourth-order valence-electron chi connectivity index (χ4n) is 2.36. The number of ether oxygens (including phenoxy) is 1. The Bertz CT molecular complexity index is 765. The van der Waals surface area contributed by atoms with Crippen molar-refractivity contribution in [2.75, 3.05) is 31.3 Å². The highest BCUT2D eigenvalue weighted by Crippen LogP contribution is 2.22. The SMILES string of the molecule is COc1ccccc1NC(=O)[C@H](C)[NH+](C)CC(=O)Nc1ccc(F)cc1. The lowest BCUT2D eigenvalue weighted by molar-refractivity contribution is -0.885. The molecule has 2 rings (SSSR count). The second-order valence-corrected chi connectivity index (χ2v) is 5.99. The third-order valence-corrected chi connectivity index (χ3v) is 4.06. The summed E-state index contributed by atoms with van der Waals surface area (Å²) in [5.41, 5.74) is 1.09. The number of benzene rings is 2. The monoisotopic (exact) mass is 360 g/mol. The first-order chi connectivity index (χ1) is 12.4. The van der Waals surface area contributed by atoms with Crippen molar-refractivity contribution >= 4 is 23.2 Å². The van der Waals surface area contributed by atoms with Crippen molar-refractivity contribution in [3.05, 3.63) is 54.3 Å². The van der Waals surface area contributed by atoms with E-state index in [0.717, 1.165) is 4.90 Å². The molecule has 0 spiro atoms. The van der Waals surface area contributed by atoms with Crippen LogP contribution in [-0.4, -0.2) is 38.6 Å². The number of carbonyl (C=O) groups is 2. The van der Waals surface area contributed by atoms with Crippen LogP contribution in [0.15, 0.2) is 48.5 Å². The predicted molar refractivity (Wildman–Crippen MR) is 97.9 cm³/mol. The maximum Gasteiger partial charge on any atom is 0.282 e. The van der Waals surface area contributed by atoms with Gasteiger partial charge in [-0.25, -0.2) is 4.39 Å². The number of likely N-dealkylation sites (N-methyl/N-ethyl adjacent to an activating group) is 1. The van der Waals surface area contributed by atoms with E-state index in [0.29, 0.717) is 17.1 Å². The largest absolute Gasteiger partial charge is 0.495 e. The van der Waals surface area contributed by atoms with Gasteiger partial charge < -0.3 is 20.3 Å². The van der Waals surface area contributed by atoms with Crippen LogP contribution in [0.3, 0.4) is 0 Å². The van der Waals surface area contributed by atoms with Gasteiger partial charge in [0.1, 0.15) is 11.6 Å². The molecule has 7 heteroatoms. The van der Waals surface area contributed by atoms with Crippen LogP contribution in [-0.2, 0) is 9.59 Å². The molecule has 2 aromatic rings. The lowest BCUT2D eigenvalue weighted by Gasteiger charge is -2.21. The lowest BCUT2D eigenvalue weighted by Crippen LogP contribution is -3.14. The molecule has 0 saturated carbocycles. The van der Waals surface area contributed by atoms with Crippen molar-refractivity contribution in [2.24, 2.45) is 0 Å². The van der Waals surface area contributed by atoms with Crippen molar-refractivity contribution in [1.29, 1.82) is 0 Å². The summed E-state index contributed by atoms with van der Waals surface area (Å²) in [5.74, 6) is -0.278. The van der Waals surface area contributed by atoms with Gasteiger partial charge in [-0.1, -0.05) is 12.1 Å². The molecule has 26 heavy (non-hydrogen) atoms. The van der Waals surface area contributed by atoms with E-state index in [-0.39, 0.29) is 24.2 Å². The fourth-order valence-corrected chi connectivity index (χ4v) is 2.36. The third kappa shape index (κ3) is 5.29. The molecule has 138 valence electrons. The molecule has 0 aromatic heterocycles. The van der Waals surface area contributed by atoms with Crippen molar-refractivity contribution in [3.63, 3.8) is 0 Å². The smallest absolute Gasteiger partial charge is 0.282 e. The van der Waals surface area contributed by atoms with Crippen LogP contribution in [0.4, 0.5) is 15.8 Å². The minimum Gasteiger partial charge on any atom is -0.495 e. The number of anilines is 2. The Balaban J connectivity index is 1.91. The van der Waals surface area contributed by atoms with Gasteiger partial charge in [-0.2, -0.15) is 0 Å². The van der Waals surface area contributed by atoms with Gasteiger partial charge in [-0.3, -0.25) is 9.59 Å². The Morgan fingerprint density at radius 2 is 1.77 bits per heavy atom. The molecule has 2 amide bonds. The molecule has 0 aliphatic rings. The van der Waals surface area contributed by atoms with Crippen LogP contribution in [0.5, 0.6) is 5.75 Å². The minimum atomic E-state index is -0.459. The average molecular weight is 360 g/mol. The van der Waals surface area contributed by atoms with Crippen LogP contribution in [0.25, 0.3) is 0 Å². The fraction of sp³-hybridized carbons (Fsp3) is 0.263. The van der Waals surface area contributed by atoms with E-state index in [2.05, 4.69) is 10.6 Å². The predicted octanol–water partition coefficient (Wildman–Crippen LogP) is 1.31. The lowest BCUT2D eigenvalue weighted by atomic mass is 10.2. The summed E-state index contributed by atoms with van der Waals surface area (Å²) in [4.78, 5) is 25.3. The maximum absolute atomic E-state index is 12.9. The van der Waals surface area contributed by atoms with Crippen LogP contribution in [0, 0.1) is 5.82 Å². The topological polar surface area (TPSA) is 71.9 Å². The standard InChI is InChI=1S/C19H22FN3O3/c1-13(19(25)22-16-6-4-5-7-17(16)26-3)23(2)12-18(24)21-15-10-8-14(20)9-11-15/h4-11,13H,12H2,1-3H3,(H,21,24)(H,22,25)/p+1/t13-/m0/s1. The zero-order valence-electron chi connectivity index (χ0n) is 15.0. The van der Waals surface area contributed by atoms with Gasteiger partial charge in [-0.05, 0) is 43.3 Å². The Labute approximate surface area is 152 Å². The Kier molecular flexibility index (Phi) is 6.68. The van der Waals surface area contributed by atoms with Gasteiger partial charge in [0, 0.05) is 5.69 Å². The van der Waals surface area contributed by atoms with E-state index in [1.165, 1.54) is 31.4 Å². The van der Waals surface area contributed by atoms with Crippen molar-refractivity contribution in [2.45, 2.75) is 13.0 Å². The van der Waals surface area contributed by atoms with Crippen molar-refractivity contribution in [3.8, 4) is 5.75 Å². The molecule has 0 radical (unpaired) electrons. The van der Waals surface area contributed by atoms with Gasteiger partial charge in [-0.15, -0.1) is 0 Å². The van der Waals surface area contributed by atoms with Crippen LogP contribution < -0.4 is 20.3 Å². The molecule has 0 heterocycles. The minimum absolute atomic E-state index is 0.0951. The Morgan fingerprint density at radius 1 is 1.12 bits per heavy atom. The second-order valence-electron chi connectivity index (χ2n) is 5.99. The number of halogens is 1. The van der Waals surface area contributed by atoms with E-state index in [4.69, 9.17) is 4.74 Å². The average Bonchev–Trinajstić information content (AvgIpc) is 2.63. The van der Waals surface area contributed by atoms with Gasteiger partial charge in [0.15, 0.2) is 12.6 Å². The number of hydrogen-bond donors (Lipinski definition) is 3. The molecule has 0 bridgehead atoms.